The maximum absolute atomic E-state index is 6.18. The highest BCUT2D eigenvalue weighted by Crippen LogP contribution is 2.28. The number of rotatable bonds is 4. The van der Waals surface area contributed by atoms with Crippen LogP contribution in [0.4, 0.5) is 0 Å². The second-order valence-corrected chi connectivity index (χ2v) is 6.48. The van der Waals surface area contributed by atoms with E-state index in [-0.39, 0.29) is 6.61 Å². The third kappa shape index (κ3) is 3.34. The summed E-state index contributed by atoms with van der Waals surface area (Å²) in [6.07, 6.45) is 3.48. The molecule has 0 spiro atoms. The Balaban J connectivity index is 1.59. The third-order valence-electron chi connectivity index (χ3n) is 4.00. The van der Waals surface area contributed by atoms with Gasteiger partial charge in [0, 0.05) is 44.0 Å². The van der Waals surface area contributed by atoms with Crippen molar-refractivity contribution in [2.45, 2.75) is 6.61 Å². The molecule has 0 bridgehead atoms. The van der Waals surface area contributed by atoms with Gasteiger partial charge in [0.05, 0.1) is 6.20 Å². The van der Waals surface area contributed by atoms with E-state index in [9.17, 15) is 0 Å². The summed E-state index contributed by atoms with van der Waals surface area (Å²) >= 11 is 12.4. The number of aromatic nitrogens is 2. The van der Waals surface area contributed by atoms with Crippen molar-refractivity contribution in [3.05, 3.63) is 82.6 Å². The Morgan fingerprint density at radius 2 is 1.72 bits per heavy atom. The van der Waals surface area contributed by atoms with Gasteiger partial charge >= 0.3 is 0 Å². The molecule has 3 nitrogen and oxygen atoms in total. The Kier molecular flexibility index (Phi) is 4.35. The zero-order chi connectivity index (χ0) is 17.2. The Morgan fingerprint density at radius 1 is 0.920 bits per heavy atom. The molecule has 4 rings (SSSR count). The first kappa shape index (κ1) is 16.0. The highest BCUT2D eigenvalue weighted by atomic mass is 35.5. The molecule has 0 aliphatic heterocycles. The smallest absolute Gasteiger partial charge is 0.138 e. The molecule has 2 aromatic heterocycles. The number of hydrogen-bond acceptors (Lipinski definition) is 2. The first-order valence-electron chi connectivity index (χ1n) is 7.79. The second kappa shape index (κ2) is 6.79. The molecule has 0 aliphatic carbocycles. The van der Waals surface area contributed by atoms with Gasteiger partial charge in [-0.3, -0.25) is 4.98 Å². The van der Waals surface area contributed by atoms with Crippen LogP contribution in [0, 0.1) is 0 Å². The van der Waals surface area contributed by atoms with Crippen molar-refractivity contribution in [1.29, 1.82) is 0 Å². The van der Waals surface area contributed by atoms with Gasteiger partial charge < -0.3 is 9.72 Å². The van der Waals surface area contributed by atoms with Crippen molar-refractivity contribution < 1.29 is 4.74 Å². The molecule has 4 aromatic rings. The minimum Gasteiger partial charge on any atom is -0.487 e. The number of hydrogen-bond donors (Lipinski definition) is 1. The predicted molar refractivity (Wildman–Crippen MR) is 102 cm³/mol. The van der Waals surface area contributed by atoms with Crippen molar-refractivity contribution in [2.75, 3.05) is 0 Å². The Labute approximate surface area is 155 Å². The molecule has 2 aromatic carbocycles. The fourth-order valence-electron chi connectivity index (χ4n) is 2.70. The lowest BCUT2D eigenvalue weighted by Gasteiger charge is -2.10. The highest BCUT2D eigenvalue weighted by molar-refractivity contribution is 6.35. The lowest BCUT2D eigenvalue weighted by Crippen LogP contribution is -1.98. The number of fused-ring (bicyclic) bond motifs is 1. The SMILES string of the molecule is Clc1cccc(Cl)c1COc1cncc(-c2cc3ccccc3[nH]2)c1. The molecular formula is C20H14Cl2N2O. The summed E-state index contributed by atoms with van der Waals surface area (Å²) in [5, 5.41) is 2.34. The van der Waals surface area contributed by atoms with Crippen LogP contribution in [-0.4, -0.2) is 9.97 Å². The summed E-state index contributed by atoms with van der Waals surface area (Å²) in [7, 11) is 0. The number of aromatic amines is 1. The molecule has 1 N–H and O–H groups in total. The Morgan fingerprint density at radius 3 is 2.52 bits per heavy atom. The largest absolute Gasteiger partial charge is 0.487 e. The molecule has 0 saturated carbocycles. The monoisotopic (exact) mass is 368 g/mol. The zero-order valence-electron chi connectivity index (χ0n) is 13.2. The van der Waals surface area contributed by atoms with E-state index < -0.39 is 0 Å². The Hall–Kier alpha value is -2.49. The molecule has 124 valence electrons. The van der Waals surface area contributed by atoms with Crippen LogP contribution >= 0.6 is 23.2 Å². The van der Waals surface area contributed by atoms with Crippen LogP contribution in [0.5, 0.6) is 5.75 Å². The normalized spacial score (nSPS) is 11.0. The molecule has 0 amide bonds. The van der Waals surface area contributed by atoms with Crippen molar-refractivity contribution in [2.24, 2.45) is 0 Å². The van der Waals surface area contributed by atoms with E-state index in [2.05, 4.69) is 22.1 Å². The number of halogens is 2. The van der Waals surface area contributed by atoms with Gasteiger partial charge in [-0.2, -0.15) is 0 Å². The van der Waals surface area contributed by atoms with Gasteiger partial charge in [0.25, 0.3) is 0 Å². The van der Waals surface area contributed by atoms with E-state index in [0.29, 0.717) is 15.8 Å². The molecular weight excluding hydrogens is 355 g/mol. The molecule has 0 aliphatic rings. The average Bonchev–Trinajstić information content (AvgIpc) is 3.06. The minimum absolute atomic E-state index is 0.288. The minimum atomic E-state index is 0.288. The molecule has 0 unspecified atom stereocenters. The fraction of sp³-hybridized carbons (Fsp3) is 0.0500. The van der Waals surface area contributed by atoms with Crippen LogP contribution in [0.15, 0.2) is 67.0 Å². The molecule has 0 atom stereocenters. The summed E-state index contributed by atoms with van der Waals surface area (Å²) in [5.74, 6) is 0.659. The van der Waals surface area contributed by atoms with Crippen LogP contribution in [0.3, 0.4) is 0 Å². The van der Waals surface area contributed by atoms with Crippen LogP contribution in [-0.2, 0) is 6.61 Å². The molecule has 0 saturated heterocycles. The van der Waals surface area contributed by atoms with Crippen LogP contribution in [0.25, 0.3) is 22.2 Å². The number of para-hydroxylation sites is 1. The van der Waals surface area contributed by atoms with Crippen molar-refractivity contribution in [3.8, 4) is 17.0 Å². The number of benzene rings is 2. The summed E-state index contributed by atoms with van der Waals surface area (Å²) < 4.78 is 5.84. The standard InChI is InChI=1S/C20H14Cl2N2O/c21-17-5-3-6-18(22)16(17)12-25-15-8-14(10-23-11-15)20-9-13-4-1-2-7-19(13)24-20/h1-11,24H,12H2. The molecule has 0 radical (unpaired) electrons. The van der Waals surface area contributed by atoms with Gasteiger partial charge in [-0.1, -0.05) is 47.5 Å². The van der Waals surface area contributed by atoms with E-state index in [1.807, 2.05) is 30.3 Å². The van der Waals surface area contributed by atoms with Gasteiger partial charge in [-0.15, -0.1) is 0 Å². The van der Waals surface area contributed by atoms with Gasteiger partial charge in [-0.05, 0) is 30.3 Å². The first-order chi connectivity index (χ1) is 12.2. The lowest BCUT2D eigenvalue weighted by molar-refractivity contribution is 0.305. The zero-order valence-corrected chi connectivity index (χ0v) is 14.7. The first-order valence-corrected chi connectivity index (χ1v) is 8.55. The van der Waals surface area contributed by atoms with Gasteiger partial charge in [0.2, 0.25) is 0 Å². The van der Waals surface area contributed by atoms with E-state index in [0.717, 1.165) is 27.7 Å². The van der Waals surface area contributed by atoms with Crippen LogP contribution in [0.2, 0.25) is 10.0 Å². The maximum Gasteiger partial charge on any atom is 0.138 e. The van der Waals surface area contributed by atoms with Crippen molar-refractivity contribution >= 4 is 34.1 Å². The van der Waals surface area contributed by atoms with Crippen molar-refractivity contribution in [1.82, 2.24) is 9.97 Å². The number of nitrogens with one attached hydrogen (secondary N) is 1. The quantitative estimate of drug-likeness (QED) is 0.471. The predicted octanol–water partition coefficient (Wildman–Crippen LogP) is 6.12. The topological polar surface area (TPSA) is 37.9 Å². The summed E-state index contributed by atoms with van der Waals surface area (Å²) in [5.41, 5.74) is 3.81. The van der Waals surface area contributed by atoms with Gasteiger partial charge in [0.1, 0.15) is 12.4 Å². The molecule has 5 heteroatoms. The van der Waals surface area contributed by atoms with Crippen molar-refractivity contribution in [3.63, 3.8) is 0 Å². The number of pyridine rings is 1. The fourth-order valence-corrected chi connectivity index (χ4v) is 3.21. The summed E-state index contributed by atoms with van der Waals surface area (Å²) in [4.78, 5) is 7.67. The van der Waals surface area contributed by atoms with E-state index in [1.165, 1.54) is 0 Å². The maximum atomic E-state index is 6.18. The number of nitrogens with zero attached hydrogens (tertiary/aromatic N) is 1. The van der Waals surface area contributed by atoms with Gasteiger partial charge in [0.15, 0.2) is 0 Å². The van der Waals surface area contributed by atoms with E-state index in [1.54, 1.807) is 24.5 Å². The third-order valence-corrected chi connectivity index (χ3v) is 4.71. The summed E-state index contributed by atoms with van der Waals surface area (Å²) in [6, 6.07) is 17.6. The molecule has 0 fully saturated rings. The van der Waals surface area contributed by atoms with E-state index >= 15 is 0 Å². The van der Waals surface area contributed by atoms with Crippen LogP contribution in [0.1, 0.15) is 5.56 Å². The number of H-pyrrole nitrogens is 1. The second-order valence-electron chi connectivity index (χ2n) is 5.67. The number of ether oxygens (including phenoxy) is 1. The lowest BCUT2D eigenvalue weighted by atomic mass is 10.2. The van der Waals surface area contributed by atoms with E-state index in [4.69, 9.17) is 27.9 Å². The Bertz CT molecular complexity index is 989. The highest BCUT2D eigenvalue weighted by Gasteiger charge is 2.08. The van der Waals surface area contributed by atoms with Gasteiger partial charge in [-0.25, -0.2) is 0 Å². The molecule has 2 heterocycles. The average molecular weight is 369 g/mol. The molecule has 25 heavy (non-hydrogen) atoms. The summed E-state index contributed by atoms with van der Waals surface area (Å²) in [6.45, 7) is 0.288. The van der Waals surface area contributed by atoms with Crippen LogP contribution < -0.4 is 4.74 Å².